The van der Waals surface area contributed by atoms with E-state index in [0.29, 0.717) is 32.6 Å². The third kappa shape index (κ3) is 4.40. The van der Waals surface area contributed by atoms with Crippen LogP contribution >= 0.6 is 23.2 Å². The number of benzene rings is 2. The molecule has 0 aromatic heterocycles. The summed E-state index contributed by atoms with van der Waals surface area (Å²) in [6.07, 6.45) is 0. The van der Waals surface area contributed by atoms with Crippen LogP contribution in [0.5, 0.6) is 5.75 Å². The minimum atomic E-state index is -0.465. The van der Waals surface area contributed by atoms with Crippen molar-refractivity contribution >= 4 is 40.8 Å². The van der Waals surface area contributed by atoms with Gasteiger partial charge in [0, 0.05) is 10.7 Å². The zero-order valence-electron chi connectivity index (χ0n) is 13.1. The molecule has 7 heteroatoms. The highest BCUT2D eigenvalue weighted by Crippen LogP contribution is 2.27. The lowest BCUT2D eigenvalue weighted by molar-refractivity contribution is -0.118. The number of hydrogen-bond acceptors (Lipinski definition) is 4. The Labute approximate surface area is 149 Å². The molecule has 2 aromatic carbocycles. The molecule has 0 fully saturated rings. The van der Waals surface area contributed by atoms with Gasteiger partial charge < -0.3 is 14.8 Å². The summed E-state index contributed by atoms with van der Waals surface area (Å²) in [6.45, 7) is 1.49. The van der Waals surface area contributed by atoms with Gasteiger partial charge in [-0.25, -0.2) is 4.79 Å². The SMILES string of the molecule is COC(=O)c1cccc(NC(=O)COc2ccc(Cl)cc2Cl)c1C. The van der Waals surface area contributed by atoms with Gasteiger partial charge in [-0.15, -0.1) is 0 Å². The molecule has 126 valence electrons. The minimum absolute atomic E-state index is 0.233. The van der Waals surface area contributed by atoms with Crippen LogP contribution in [0.1, 0.15) is 15.9 Å². The Kier molecular flexibility index (Phi) is 6.06. The van der Waals surface area contributed by atoms with Gasteiger partial charge in [0.1, 0.15) is 5.75 Å². The molecule has 2 rings (SSSR count). The Morgan fingerprint density at radius 2 is 1.92 bits per heavy atom. The van der Waals surface area contributed by atoms with Crippen molar-refractivity contribution in [3.05, 3.63) is 57.6 Å². The molecule has 24 heavy (non-hydrogen) atoms. The summed E-state index contributed by atoms with van der Waals surface area (Å²) >= 11 is 11.8. The standard InChI is InChI=1S/C17H15Cl2NO4/c1-10-12(17(22)23-2)4-3-5-14(10)20-16(21)9-24-15-7-6-11(18)8-13(15)19/h3-8H,9H2,1-2H3,(H,20,21). The lowest BCUT2D eigenvalue weighted by atomic mass is 10.1. The second-order valence-electron chi connectivity index (χ2n) is 4.88. The predicted octanol–water partition coefficient (Wildman–Crippen LogP) is 4.11. The second kappa shape index (κ2) is 8.04. The summed E-state index contributed by atoms with van der Waals surface area (Å²) in [7, 11) is 1.30. The molecule has 0 saturated carbocycles. The molecule has 0 heterocycles. The van der Waals surface area contributed by atoms with Crippen molar-refractivity contribution in [2.75, 3.05) is 19.0 Å². The van der Waals surface area contributed by atoms with Crippen molar-refractivity contribution in [2.45, 2.75) is 6.92 Å². The highest BCUT2D eigenvalue weighted by Gasteiger charge is 2.14. The Morgan fingerprint density at radius 3 is 2.58 bits per heavy atom. The maximum Gasteiger partial charge on any atom is 0.338 e. The van der Waals surface area contributed by atoms with Crippen LogP contribution in [-0.2, 0) is 9.53 Å². The van der Waals surface area contributed by atoms with Gasteiger partial charge in [0.25, 0.3) is 5.91 Å². The van der Waals surface area contributed by atoms with Crippen LogP contribution in [0, 0.1) is 6.92 Å². The quantitative estimate of drug-likeness (QED) is 0.807. The lowest BCUT2D eigenvalue weighted by Gasteiger charge is -2.12. The molecule has 0 aliphatic heterocycles. The number of hydrogen-bond donors (Lipinski definition) is 1. The zero-order chi connectivity index (χ0) is 17.7. The molecule has 0 atom stereocenters. The van der Waals surface area contributed by atoms with Crippen molar-refractivity contribution in [3.63, 3.8) is 0 Å². The molecule has 0 radical (unpaired) electrons. The van der Waals surface area contributed by atoms with Gasteiger partial charge in [-0.1, -0.05) is 29.3 Å². The number of carbonyl (C=O) groups is 2. The van der Waals surface area contributed by atoms with E-state index in [1.165, 1.54) is 13.2 Å². The van der Waals surface area contributed by atoms with Gasteiger partial charge in [-0.2, -0.15) is 0 Å². The van der Waals surface area contributed by atoms with E-state index in [2.05, 4.69) is 5.32 Å². The third-order valence-corrected chi connectivity index (χ3v) is 3.80. The lowest BCUT2D eigenvalue weighted by Crippen LogP contribution is -2.21. The van der Waals surface area contributed by atoms with Gasteiger partial charge in [-0.05, 0) is 42.8 Å². The van der Waals surface area contributed by atoms with Crippen LogP contribution in [0.4, 0.5) is 5.69 Å². The molecule has 0 saturated heterocycles. The number of nitrogens with one attached hydrogen (secondary N) is 1. The van der Waals surface area contributed by atoms with Gasteiger partial charge >= 0.3 is 5.97 Å². The number of amides is 1. The van der Waals surface area contributed by atoms with Crippen molar-refractivity contribution in [1.29, 1.82) is 0 Å². The molecule has 0 unspecified atom stereocenters. The summed E-state index contributed by atoms with van der Waals surface area (Å²) < 4.78 is 10.1. The number of rotatable bonds is 5. The smallest absolute Gasteiger partial charge is 0.338 e. The van der Waals surface area contributed by atoms with E-state index in [4.69, 9.17) is 32.7 Å². The fourth-order valence-corrected chi connectivity index (χ4v) is 2.49. The van der Waals surface area contributed by atoms with Gasteiger partial charge in [0.2, 0.25) is 0 Å². The Morgan fingerprint density at radius 1 is 1.17 bits per heavy atom. The predicted molar refractivity (Wildman–Crippen MR) is 93.1 cm³/mol. The number of methoxy groups -OCH3 is 1. The van der Waals surface area contributed by atoms with Crippen LogP contribution in [-0.4, -0.2) is 25.6 Å². The van der Waals surface area contributed by atoms with Crippen LogP contribution in [0.15, 0.2) is 36.4 Å². The van der Waals surface area contributed by atoms with Crippen molar-refractivity contribution in [1.82, 2.24) is 0 Å². The maximum absolute atomic E-state index is 12.0. The van der Waals surface area contributed by atoms with Gasteiger partial charge in [-0.3, -0.25) is 4.79 Å². The second-order valence-corrected chi connectivity index (χ2v) is 5.72. The largest absolute Gasteiger partial charge is 0.482 e. The normalized spacial score (nSPS) is 10.2. The van der Waals surface area contributed by atoms with Gasteiger partial charge in [0.05, 0.1) is 17.7 Å². The number of anilines is 1. The topological polar surface area (TPSA) is 64.6 Å². The fourth-order valence-electron chi connectivity index (χ4n) is 2.02. The Bertz CT molecular complexity index is 777. The molecule has 0 aliphatic rings. The fraction of sp³-hybridized carbons (Fsp3) is 0.176. The van der Waals surface area contributed by atoms with Gasteiger partial charge in [0.15, 0.2) is 6.61 Å². The molecule has 5 nitrogen and oxygen atoms in total. The highest BCUT2D eigenvalue weighted by atomic mass is 35.5. The minimum Gasteiger partial charge on any atom is -0.482 e. The molecular weight excluding hydrogens is 353 g/mol. The van der Waals surface area contributed by atoms with Crippen LogP contribution < -0.4 is 10.1 Å². The van der Waals surface area contributed by atoms with E-state index < -0.39 is 5.97 Å². The highest BCUT2D eigenvalue weighted by molar-refractivity contribution is 6.35. The number of esters is 1. The molecule has 0 aliphatic carbocycles. The average molecular weight is 368 g/mol. The summed E-state index contributed by atoms with van der Waals surface area (Å²) in [5.41, 5.74) is 1.51. The first kappa shape index (κ1) is 18.1. The Hall–Kier alpha value is -2.24. The summed E-state index contributed by atoms with van der Waals surface area (Å²) in [5.74, 6) is -0.491. The molecule has 1 amide bonds. The number of carbonyl (C=O) groups excluding carboxylic acids is 2. The third-order valence-electron chi connectivity index (χ3n) is 3.27. The maximum atomic E-state index is 12.0. The van der Waals surface area contributed by atoms with E-state index in [1.807, 2.05) is 0 Å². The molecule has 0 spiro atoms. The monoisotopic (exact) mass is 367 g/mol. The van der Waals surface area contributed by atoms with E-state index in [0.717, 1.165) is 0 Å². The molecule has 0 bridgehead atoms. The van der Waals surface area contributed by atoms with Crippen molar-refractivity contribution in [3.8, 4) is 5.75 Å². The summed E-state index contributed by atoms with van der Waals surface area (Å²) in [4.78, 5) is 23.7. The van der Waals surface area contributed by atoms with E-state index in [9.17, 15) is 9.59 Å². The first-order valence-corrected chi connectivity index (χ1v) is 7.73. The van der Waals surface area contributed by atoms with Crippen LogP contribution in [0.2, 0.25) is 10.0 Å². The zero-order valence-corrected chi connectivity index (χ0v) is 14.6. The Balaban J connectivity index is 2.03. The average Bonchev–Trinajstić information content (AvgIpc) is 2.55. The van der Waals surface area contributed by atoms with E-state index >= 15 is 0 Å². The molecule has 2 aromatic rings. The molecule has 1 N–H and O–H groups in total. The number of ether oxygens (including phenoxy) is 2. The van der Waals surface area contributed by atoms with Crippen LogP contribution in [0.25, 0.3) is 0 Å². The first-order valence-electron chi connectivity index (χ1n) is 6.98. The first-order chi connectivity index (χ1) is 11.4. The number of halogens is 2. The summed E-state index contributed by atoms with van der Waals surface area (Å²) in [5, 5.41) is 3.49. The van der Waals surface area contributed by atoms with E-state index in [1.54, 1.807) is 37.3 Å². The van der Waals surface area contributed by atoms with Crippen LogP contribution in [0.3, 0.4) is 0 Å². The van der Waals surface area contributed by atoms with Crippen molar-refractivity contribution < 1.29 is 19.1 Å². The van der Waals surface area contributed by atoms with Crippen molar-refractivity contribution in [2.24, 2.45) is 0 Å². The molecular formula is C17H15Cl2NO4. The summed E-state index contributed by atoms with van der Waals surface area (Å²) in [6, 6.07) is 9.70. The van der Waals surface area contributed by atoms with E-state index in [-0.39, 0.29) is 12.5 Å².